The van der Waals surface area contributed by atoms with Gasteiger partial charge in [0.1, 0.15) is 11.6 Å². The Kier molecular flexibility index (Phi) is 5.19. The van der Waals surface area contributed by atoms with Crippen molar-refractivity contribution in [3.8, 4) is 5.75 Å². The van der Waals surface area contributed by atoms with E-state index in [-0.39, 0.29) is 11.7 Å². The summed E-state index contributed by atoms with van der Waals surface area (Å²) in [6, 6.07) is 11.6. The van der Waals surface area contributed by atoms with Gasteiger partial charge in [0.25, 0.3) is 5.91 Å². The average molecular weight is 344 g/mol. The number of aliphatic hydroxyl groups excluding tert-OH is 1. The van der Waals surface area contributed by atoms with E-state index in [1.54, 1.807) is 12.1 Å². The zero-order chi connectivity index (χ0) is 17.8. The predicted octanol–water partition coefficient (Wildman–Crippen LogP) is 3.05. The molecule has 0 bridgehead atoms. The lowest BCUT2D eigenvalue weighted by atomic mass is 10.1. The number of ether oxygens (including phenoxy) is 1. The van der Waals surface area contributed by atoms with E-state index in [9.17, 15) is 14.3 Å². The number of rotatable bonds is 4. The van der Waals surface area contributed by atoms with Gasteiger partial charge in [-0.05, 0) is 37.1 Å². The van der Waals surface area contributed by atoms with E-state index in [0.717, 1.165) is 5.69 Å². The van der Waals surface area contributed by atoms with Crippen molar-refractivity contribution in [1.82, 2.24) is 0 Å². The molecule has 1 aliphatic rings. The number of amides is 1. The number of hydrogen-bond donors (Lipinski definition) is 2. The minimum Gasteiger partial charge on any atom is -0.497 e. The van der Waals surface area contributed by atoms with Crippen molar-refractivity contribution in [3.63, 3.8) is 0 Å². The maximum absolute atomic E-state index is 14.1. The largest absolute Gasteiger partial charge is 0.497 e. The van der Waals surface area contributed by atoms with Crippen molar-refractivity contribution in [2.24, 2.45) is 0 Å². The molecule has 0 atom stereocenters. The summed E-state index contributed by atoms with van der Waals surface area (Å²) in [5.74, 6) is -0.776. The van der Waals surface area contributed by atoms with Crippen LogP contribution in [0.3, 0.4) is 0 Å². The molecule has 2 N–H and O–H groups in total. The highest BCUT2D eigenvalue weighted by Gasteiger charge is 2.20. The van der Waals surface area contributed by atoms with Crippen molar-refractivity contribution in [2.75, 3.05) is 30.4 Å². The molecule has 1 heterocycles. The summed E-state index contributed by atoms with van der Waals surface area (Å²) in [6.07, 6.45) is 1.11. The lowest BCUT2D eigenvalue weighted by Gasteiger charge is -2.32. The molecule has 0 radical (unpaired) electrons. The fourth-order valence-corrected chi connectivity index (χ4v) is 2.96. The summed E-state index contributed by atoms with van der Waals surface area (Å²) in [6.45, 7) is 1.43. The van der Waals surface area contributed by atoms with Crippen LogP contribution in [0.15, 0.2) is 42.5 Å². The standard InChI is InChI=1S/C19H21FN2O3/c1-25-14-6-7-15(16(20)12-14)19(24)21-17-4-2-3-5-18(17)22-10-8-13(23)9-11-22/h2-7,12-13,23H,8-11H2,1H3,(H,21,24). The smallest absolute Gasteiger partial charge is 0.258 e. The van der Waals surface area contributed by atoms with E-state index in [1.165, 1.54) is 19.2 Å². The minimum absolute atomic E-state index is 0.0373. The molecule has 1 fully saturated rings. The Bertz CT molecular complexity index is 758. The van der Waals surface area contributed by atoms with Gasteiger partial charge in [0.2, 0.25) is 0 Å². The molecule has 0 aliphatic carbocycles. The maximum atomic E-state index is 14.1. The van der Waals surface area contributed by atoms with Gasteiger partial charge in [-0.3, -0.25) is 4.79 Å². The van der Waals surface area contributed by atoms with E-state index in [0.29, 0.717) is 37.4 Å². The van der Waals surface area contributed by atoms with E-state index in [2.05, 4.69) is 10.2 Å². The molecule has 6 heteroatoms. The summed E-state index contributed by atoms with van der Waals surface area (Å²) < 4.78 is 19.1. The van der Waals surface area contributed by atoms with Gasteiger partial charge in [0.05, 0.1) is 30.2 Å². The molecule has 0 aromatic heterocycles. The van der Waals surface area contributed by atoms with Crippen LogP contribution in [-0.2, 0) is 0 Å². The SMILES string of the molecule is COc1ccc(C(=O)Nc2ccccc2N2CCC(O)CC2)c(F)c1. The van der Waals surface area contributed by atoms with Crippen LogP contribution in [0.25, 0.3) is 0 Å². The number of hydrogen-bond acceptors (Lipinski definition) is 4. The number of carbonyl (C=O) groups excluding carboxylic acids is 1. The Morgan fingerprint density at radius 1 is 1.24 bits per heavy atom. The Morgan fingerprint density at radius 3 is 2.64 bits per heavy atom. The monoisotopic (exact) mass is 344 g/mol. The van der Waals surface area contributed by atoms with Gasteiger partial charge < -0.3 is 20.1 Å². The van der Waals surface area contributed by atoms with Crippen molar-refractivity contribution in [1.29, 1.82) is 0 Å². The van der Waals surface area contributed by atoms with Gasteiger partial charge in [0, 0.05) is 19.2 Å². The maximum Gasteiger partial charge on any atom is 0.258 e. The number of methoxy groups -OCH3 is 1. The first-order valence-corrected chi connectivity index (χ1v) is 8.25. The van der Waals surface area contributed by atoms with Gasteiger partial charge in [-0.1, -0.05) is 12.1 Å². The second-order valence-corrected chi connectivity index (χ2v) is 6.04. The first-order chi connectivity index (χ1) is 12.1. The second-order valence-electron chi connectivity index (χ2n) is 6.04. The first-order valence-electron chi connectivity index (χ1n) is 8.25. The van der Waals surface area contributed by atoms with Crippen molar-refractivity contribution in [2.45, 2.75) is 18.9 Å². The van der Waals surface area contributed by atoms with E-state index >= 15 is 0 Å². The highest BCUT2D eigenvalue weighted by Crippen LogP contribution is 2.29. The molecule has 1 aliphatic heterocycles. The third-order valence-corrected chi connectivity index (χ3v) is 4.38. The zero-order valence-electron chi connectivity index (χ0n) is 14.0. The number of halogens is 1. The van der Waals surface area contributed by atoms with Crippen LogP contribution in [0.4, 0.5) is 15.8 Å². The third-order valence-electron chi connectivity index (χ3n) is 4.38. The number of para-hydroxylation sites is 2. The van der Waals surface area contributed by atoms with Crippen LogP contribution in [0, 0.1) is 5.82 Å². The van der Waals surface area contributed by atoms with Gasteiger partial charge in [-0.2, -0.15) is 0 Å². The second kappa shape index (κ2) is 7.53. The molecule has 0 spiro atoms. The number of anilines is 2. The van der Waals surface area contributed by atoms with Crippen LogP contribution in [-0.4, -0.2) is 37.3 Å². The van der Waals surface area contributed by atoms with Crippen molar-refractivity contribution >= 4 is 17.3 Å². The zero-order valence-corrected chi connectivity index (χ0v) is 14.0. The number of nitrogens with zero attached hydrogens (tertiary/aromatic N) is 1. The normalized spacial score (nSPS) is 15.1. The Balaban J connectivity index is 1.80. The van der Waals surface area contributed by atoms with Gasteiger partial charge >= 0.3 is 0 Å². The fourth-order valence-electron chi connectivity index (χ4n) is 2.96. The Hall–Kier alpha value is -2.60. The number of aliphatic hydroxyl groups is 1. The molecular weight excluding hydrogens is 323 g/mol. The highest BCUT2D eigenvalue weighted by atomic mass is 19.1. The minimum atomic E-state index is -0.629. The number of piperidine rings is 1. The average Bonchev–Trinajstić information content (AvgIpc) is 2.62. The molecule has 3 rings (SSSR count). The molecule has 25 heavy (non-hydrogen) atoms. The molecule has 1 amide bonds. The lowest BCUT2D eigenvalue weighted by Crippen LogP contribution is -2.36. The number of nitrogens with one attached hydrogen (secondary N) is 1. The third kappa shape index (κ3) is 3.91. The van der Waals surface area contributed by atoms with E-state index < -0.39 is 11.7 Å². The molecule has 2 aromatic rings. The lowest BCUT2D eigenvalue weighted by molar-refractivity contribution is 0.102. The number of carbonyl (C=O) groups is 1. The van der Waals surface area contributed by atoms with Crippen LogP contribution in [0.2, 0.25) is 0 Å². The van der Waals surface area contributed by atoms with Crippen molar-refractivity contribution < 1.29 is 19.0 Å². The Morgan fingerprint density at radius 2 is 1.96 bits per heavy atom. The van der Waals surface area contributed by atoms with E-state index in [1.807, 2.05) is 18.2 Å². The molecule has 5 nitrogen and oxygen atoms in total. The van der Waals surface area contributed by atoms with Gasteiger partial charge in [0.15, 0.2) is 0 Å². The van der Waals surface area contributed by atoms with Gasteiger partial charge in [-0.25, -0.2) is 4.39 Å². The van der Waals surface area contributed by atoms with Crippen LogP contribution in [0.1, 0.15) is 23.2 Å². The molecular formula is C19H21FN2O3. The summed E-state index contributed by atoms with van der Waals surface area (Å²) in [7, 11) is 1.44. The van der Waals surface area contributed by atoms with Crippen molar-refractivity contribution in [3.05, 3.63) is 53.8 Å². The molecule has 0 unspecified atom stereocenters. The van der Waals surface area contributed by atoms with E-state index in [4.69, 9.17) is 4.74 Å². The quantitative estimate of drug-likeness (QED) is 0.895. The number of benzene rings is 2. The van der Waals surface area contributed by atoms with Crippen LogP contribution >= 0.6 is 0 Å². The molecule has 0 saturated carbocycles. The summed E-state index contributed by atoms with van der Waals surface area (Å²) in [5, 5.41) is 12.5. The molecule has 132 valence electrons. The first kappa shape index (κ1) is 17.2. The fraction of sp³-hybridized carbons (Fsp3) is 0.316. The molecule has 1 saturated heterocycles. The summed E-state index contributed by atoms with van der Waals surface area (Å²) in [5.41, 5.74) is 1.46. The van der Waals surface area contributed by atoms with Crippen LogP contribution in [0.5, 0.6) is 5.75 Å². The predicted molar refractivity (Wildman–Crippen MR) is 94.8 cm³/mol. The van der Waals surface area contributed by atoms with Gasteiger partial charge in [-0.15, -0.1) is 0 Å². The topological polar surface area (TPSA) is 61.8 Å². The Labute approximate surface area is 146 Å². The van der Waals surface area contributed by atoms with Crippen LogP contribution < -0.4 is 15.0 Å². The highest BCUT2D eigenvalue weighted by molar-refractivity contribution is 6.06. The summed E-state index contributed by atoms with van der Waals surface area (Å²) in [4.78, 5) is 14.6. The summed E-state index contributed by atoms with van der Waals surface area (Å²) >= 11 is 0. The molecule has 2 aromatic carbocycles.